The minimum atomic E-state index is 1.14. The minimum Gasteiger partial charge on any atom is -0.207 e. The SMILES string of the molecule is CC1=CCC(C)=[N+]1C. The molecule has 0 spiro atoms. The average molecular weight is 110 g/mol. The van der Waals surface area contributed by atoms with Gasteiger partial charge in [0.05, 0.1) is 6.42 Å². The average Bonchev–Trinajstić information content (AvgIpc) is 1.98. The Morgan fingerprint density at radius 3 is 2.25 bits per heavy atom. The molecule has 0 aromatic carbocycles. The topological polar surface area (TPSA) is 3.01 Å². The lowest BCUT2D eigenvalue weighted by Gasteiger charge is -1.88. The standard InChI is InChI=1S/C7H12N/c1-6-4-5-7(2)8(6)3/h4H,5H2,1-3H3/q+1. The zero-order valence-corrected chi connectivity index (χ0v) is 5.73. The van der Waals surface area contributed by atoms with Gasteiger partial charge in [0.15, 0.2) is 11.4 Å². The molecule has 0 atom stereocenters. The first-order valence-electron chi connectivity index (χ1n) is 2.94. The summed E-state index contributed by atoms with van der Waals surface area (Å²) in [6.07, 6.45) is 3.39. The van der Waals surface area contributed by atoms with Gasteiger partial charge in [-0.1, -0.05) is 0 Å². The van der Waals surface area contributed by atoms with E-state index in [-0.39, 0.29) is 0 Å². The molecule has 0 unspecified atom stereocenters. The molecule has 0 aromatic rings. The van der Waals surface area contributed by atoms with E-state index in [1.165, 1.54) is 11.4 Å². The van der Waals surface area contributed by atoms with Crippen molar-refractivity contribution in [3.8, 4) is 0 Å². The molecule has 0 bridgehead atoms. The largest absolute Gasteiger partial charge is 0.207 e. The Morgan fingerprint density at radius 2 is 2.12 bits per heavy atom. The summed E-state index contributed by atoms with van der Waals surface area (Å²) in [7, 11) is 2.11. The summed E-state index contributed by atoms with van der Waals surface area (Å²) in [5.41, 5.74) is 2.82. The second kappa shape index (κ2) is 1.73. The predicted octanol–water partition coefficient (Wildman–Crippen LogP) is 1.40. The van der Waals surface area contributed by atoms with Crippen LogP contribution in [-0.4, -0.2) is 17.3 Å². The molecule has 0 aliphatic carbocycles. The highest BCUT2D eigenvalue weighted by atomic mass is 15.0. The van der Waals surface area contributed by atoms with E-state index in [9.17, 15) is 0 Å². The molecule has 1 aliphatic heterocycles. The molecule has 0 saturated heterocycles. The molecule has 44 valence electrons. The van der Waals surface area contributed by atoms with Crippen molar-refractivity contribution >= 4 is 5.71 Å². The summed E-state index contributed by atoms with van der Waals surface area (Å²) < 4.78 is 2.22. The molecule has 0 amide bonds. The van der Waals surface area contributed by atoms with Gasteiger partial charge in [-0.05, 0) is 6.08 Å². The molecule has 0 aromatic heterocycles. The van der Waals surface area contributed by atoms with Crippen LogP contribution in [0.5, 0.6) is 0 Å². The predicted molar refractivity (Wildman–Crippen MR) is 35.2 cm³/mol. The summed E-state index contributed by atoms with van der Waals surface area (Å²) in [6.45, 7) is 4.30. The fraction of sp³-hybridized carbons (Fsp3) is 0.571. The maximum Gasteiger partial charge on any atom is 0.174 e. The van der Waals surface area contributed by atoms with Crippen LogP contribution in [0.15, 0.2) is 11.8 Å². The van der Waals surface area contributed by atoms with Gasteiger partial charge < -0.3 is 0 Å². The van der Waals surface area contributed by atoms with Crippen LogP contribution in [0.25, 0.3) is 0 Å². The lowest BCUT2D eigenvalue weighted by Crippen LogP contribution is -2.04. The van der Waals surface area contributed by atoms with Crippen LogP contribution in [0.2, 0.25) is 0 Å². The van der Waals surface area contributed by atoms with Gasteiger partial charge in [-0.2, -0.15) is 0 Å². The second-order valence-electron chi connectivity index (χ2n) is 2.34. The van der Waals surface area contributed by atoms with Crippen molar-refractivity contribution in [2.24, 2.45) is 0 Å². The van der Waals surface area contributed by atoms with Crippen molar-refractivity contribution < 1.29 is 4.58 Å². The van der Waals surface area contributed by atoms with E-state index in [4.69, 9.17) is 0 Å². The Bertz CT molecular complexity index is 158. The van der Waals surface area contributed by atoms with Crippen LogP contribution in [0.4, 0.5) is 0 Å². The molecule has 1 heterocycles. The molecule has 0 fully saturated rings. The molecule has 1 rings (SSSR count). The summed E-state index contributed by atoms with van der Waals surface area (Å²) in [6, 6.07) is 0. The third-order valence-electron chi connectivity index (χ3n) is 1.79. The van der Waals surface area contributed by atoms with Crippen LogP contribution in [0, 0.1) is 0 Å². The first-order chi connectivity index (χ1) is 3.72. The third kappa shape index (κ3) is 0.683. The summed E-state index contributed by atoms with van der Waals surface area (Å²) in [4.78, 5) is 0. The zero-order valence-electron chi connectivity index (χ0n) is 5.73. The highest BCUT2D eigenvalue weighted by Crippen LogP contribution is 2.05. The van der Waals surface area contributed by atoms with E-state index in [1.54, 1.807) is 0 Å². The minimum absolute atomic E-state index is 1.14. The van der Waals surface area contributed by atoms with Gasteiger partial charge in [-0.25, -0.2) is 4.58 Å². The highest BCUT2D eigenvalue weighted by molar-refractivity contribution is 5.80. The van der Waals surface area contributed by atoms with Crippen LogP contribution >= 0.6 is 0 Å². The van der Waals surface area contributed by atoms with Crippen molar-refractivity contribution in [2.45, 2.75) is 20.3 Å². The smallest absolute Gasteiger partial charge is 0.174 e. The molecular weight excluding hydrogens is 98.1 g/mol. The Balaban J connectivity index is 2.88. The molecule has 1 nitrogen and oxygen atoms in total. The molecule has 0 saturated carbocycles. The van der Waals surface area contributed by atoms with Crippen molar-refractivity contribution in [3.63, 3.8) is 0 Å². The monoisotopic (exact) mass is 110 g/mol. The Morgan fingerprint density at radius 1 is 1.50 bits per heavy atom. The first-order valence-corrected chi connectivity index (χ1v) is 2.94. The third-order valence-corrected chi connectivity index (χ3v) is 1.79. The lowest BCUT2D eigenvalue weighted by molar-refractivity contribution is -0.440. The van der Waals surface area contributed by atoms with Gasteiger partial charge in [-0.15, -0.1) is 0 Å². The molecule has 0 radical (unpaired) electrons. The van der Waals surface area contributed by atoms with Crippen LogP contribution in [0.3, 0.4) is 0 Å². The van der Waals surface area contributed by atoms with Gasteiger partial charge >= 0.3 is 0 Å². The highest BCUT2D eigenvalue weighted by Gasteiger charge is 2.12. The summed E-state index contributed by atoms with van der Waals surface area (Å²) in [5.74, 6) is 0. The number of hydrogen-bond donors (Lipinski definition) is 0. The van der Waals surface area contributed by atoms with E-state index in [1.807, 2.05) is 0 Å². The number of nitrogens with zero attached hydrogens (tertiary/aromatic N) is 1. The van der Waals surface area contributed by atoms with E-state index >= 15 is 0 Å². The fourth-order valence-electron chi connectivity index (χ4n) is 0.870. The quantitative estimate of drug-likeness (QED) is 0.415. The Labute approximate surface area is 50.3 Å². The van der Waals surface area contributed by atoms with Crippen molar-refractivity contribution in [3.05, 3.63) is 11.8 Å². The van der Waals surface area contributed by atoms with Crippen molar-refractivity contribution in [1.82, 2.24) is 0 Å². The van der Waals surface area contributed by atoms with Gasteiger partial charge in [0.1, 0.15) is 7.05 Å². The second-order valence-corrected chi connectivity index (χ2v) is 2.34. The van der Waals surface area contributed by atoms with Gasteiger partial charge in [0, 0.05) is 13.8 Å². The van der Waals surface area contributed by atoms with E-state index in [0.29, 0.717) is 0 Å². The van der Waals surface area contributed by atoms with Gasteiger partial charge in [0.2, 0.25) is 0 Å². The fourth-order valence-corrected chi connectivity index (χ4v) is 0.870. The molecule has 0 N–H and O–H groups in total. The van der Waals surface area contributed by atoms with Gasteiger partial charge in [-0.3, -0.25) is 0 Å². The zero-order chi connectivity index (χ0) is 6.15. The number of rotatable bonds is 0. The Hall–Kier alpha value is -0.590. The molecule has 8 heavy (non-hydrogen) atoms. The summed E-state index contributed by atoms with van der Waals surface area (Å²) in [5, 5.41) is 0. The maximum absolute atomic E-state index is 2.25. The van der Waals surface area contributed by atoms with E-state index in [2.05, 4.69) is 31.5 Å². The van der Waals surface area contributed by atoms with E-state index in [0.717, 1.165) is 6.42 Å². The lowest BCUT2D eigenvalue weighted by atomic mass is 10.3. The normalized spacial score (nSPS) is 19.6. The molecule has 1 heteroatoms. The summed E-state index contributed by atoms with van der Waals surface area (Å²) >= 11 is 0. The van der Waals surface area contributed by atoms with E-state index < -0.39 is 0 Å². The van der Waals surface area contributed by atoms with Gasteiger partial charge in [0.25, 0.3) is 0 Å². The van der Waals surface area contributed by atoms with Crippen LogP contribution < -0.4 is 0 Å². The molecule has 1 aliphatic rings. The van der Waals surface area contributed by atoms with Crippen LogP contribution in [-0.2, 0) is 0 Å². The van der Waals surface area contributed by atoms with Crippen LogP contribution in [0.1, 0.15) is 20.3 Å². The first kappa shape index (κ1) is 5.54. The van der Waals surface area contributed by atoms with Crippen molar-refractivity contribution in [2.75, 3.05) is 7.05 Å². The number of allylic oxidation sites excluding steroid dienone is 2. The number of hydrogen-bond acceptors (Lipinski definition) is 0. The molecular formula is C7H12N+. The Kier molecular flexibility index (Phi) is 1.20. The van der Waals surface area contributed by atoms with Crippen molar-refractivity contribution in [1.29, 1.82) is 0 Å². The maximum atomic E-state index is 2.25.